The number of aromatic nitrogens is 4. The van der Waals surface area contributed by atoms with Crippen molar-refractivity contribution in [2.45, 2.75) is 51.1 Å². The molecule has 26 heavy (non-hydrogen) atoms. The molecule has 0 bridgehead atoms. The van der Waals surface area contributed by atoms with E-state index in [1.807, 2.05) is 24.3 Å². The summed E-state index contributed by atoms with van der Waals surface area (Å²) in [5, 5.41) is 8.49. The van der Waals surface area contributed by atoms with E-state index in [1.54, 1.807) is 0 Å². The van der Waals surface area contributed by atoms with E-state index < -0.39 is 0 Å². The Labute approximate surface area is 151 Å². The predicted molar refractivity (Wildman–Crippen MR) is 100.0 cm³/mol. The summed E-state index contributed by atoms with van der Waals surface area (Å²) in [7, 11) is 0. The second kappa shape index (κ2) is 6.36. The first-order valence-electron chi connectivity index (χ1n) is 9.57. The molecule has 3 aromatic rings. The van der Waals surface area contributed by atoms with E-state index in [0.29, 0.717) is 5.39 Å². The van der Waals surface area contributed by atoms with Crippen molar-refractivity contribution in [3.05, 3.63) is 57.4 Å². The van der Waals surface area contributed by atoms with Crippen LogP contribution in [0.25, 0.3) is 10.9 Å². The molecule has 2 N–H and O–H groups in total. The maximum absolute atomic E-state index is 12.4. The second-order valence-electron chi connectivity index (χ2n) is 7.43. The Morgan fingerprint density at radius 3 is 3.00 bits per heavy atom. The summed E-state index contributed by atoms with van der Waals surface area (Å²) < 4.78 is 0. The quantitative estimate of drug-likeness (QED) is 0.762. The van der Waals surface area contributed by atoms with Gasteiger partial charge < -0.3 is 4.98 Å². The molecule has 1 saturated heterocycles. The smallest absolute Gasteiger partial charge is 0.258 e. The first-order valence-corrected chi connectivity index (χ1v) is 9.57. The zero-order chi connectivity index (χ0) is 17.5. The molecule has 5 rings (SSSR count). The highest BCUT2D eigenvalue weighted by atomic mass is 16.1. The molecular formula is C20H23N5O. The average molecular weight is 349 g/mol. The summed E-state index contributed by atoms with van der Waals surface area (Å²) in [4.78, 5) is 22.6. The summed E-state index contributed by atoms with van der Waals surface area (Å²) in [5.74, 6) is 0.788. The number of aromatic amines is 2. The molecule has 0 saturated carbocycles. The number of likely N-dealkylation sites (tertiary alicyclic amines) is 1. The number of nitrogens with one attached hydrogen (secondary N) is 2. The molecule has 134 valence electrons. The monoisotopic (exact) mass is 349 g/mol. The number of para-hydroxylation sites is 1. The van der Waals surface area contributed by atoms with Crippen molar-refractivity contribution in [3.63, 3.8) is 0 Å². The Hall–Kier alpha value is -2.47. The van der Waals surface area contributed by atoms with Crippen LogP contribution in [0.3, 0.4) is 0 Å². The number of aryl methyl sites for hydroxylation is 1. The van der Waals surface area contributed by atoms with Gasteiger partial charge in [-0.3, -0.25) is 14.8 Å². The van der Waals surface area contributed by atoms with Crippen molar-refractivity contribution in [2.75, 3.05) is 6.54 Å². The van der Waals surface area contributed by atoms with Crippen LogP contribution in [-0.2, 0) is 19.4 Å². The van der Waals surface area contributed by atoms with Crippen LogP contribution in [0.15, 0.2) is 29.1 Å². The fourth-order valence-electron chi connectivity index (χ4n) is 4.46. The molecule has 1 fully saturated rings. The van der Waals surface area contributed by atoms with Crippen LogP contribution in [0.4, 0.5) is 0 Å². The fourth-order valence-corrected chi connectivity index (χ4v) is 4.46. The molecule has 3 heterocycles. The molecule has 1 unspecified atom stereocenters. The van der Waals surface area contributed by atoms with Crippen LogP contribution < -0.4 is 5.56 Å². The van der Waals surface area contributed by atoms with Gasteiger partial charge in [0.15, 0.2) is 0 Å². The lowest BCUT2D eigenvalue weighted by Gasteiger charge is -2.24. The lowest BCUT2D eigenvalue weighted by molar-refractivity contribution is 0.236. The molecule has 2 aromatic heterocycles. The number of hydrogen-bond acceptors (Lipinski definition) is 4. The standard InChI is InChI=1S/C20H23N5O/c26-20-14-7-2-3-8-15(14)21-19(22-20)18-10-5-11-25(18)12-17-13-6-1-4-9-16(13)23-24-17/h2-3,7-8,18H,1,4-6,9-12H2,(H,23,24)(H,21,22,26). The first kappa shape index (κ1) is 15.8. The van der Waals surface area contributed by atoms with Crippen LogP contribution in [0.5, 0.6) is 0 Å². The summed E-state index contributed by atoms with van der Waals surface area (Å²) >= 11 is 0. The maximum atomic E-state index is 12.4. The number of H-pyrrole nitrogens is 2. The Morgan fingerprint density at radius 2 is 2.04 bits per heavy atom. The SMILES string of the molecule is O=c1[nH]c(C2CCCN2Cc2n[nH]c3c2CCCC3)nc2ccccc12. The second-order valence-corrected chi connectivity index (χ2v) is 7.43. The maximum Gasteiger partial charge on any atom is 0.258 e. The third-order valence-electron chi connectivity index (χ3n) is 5.81. The Morgan fingerprint density at radius 1 is 1.15 bits per heavy atom. The third-order valence-corrected chi connectivity index (χ3v) is 5.81. The molecule has 1 aliphatic heterocycles. The van der Waals surface area contributed by atoms with Crippen molar-refractivity contribution in [2.24, 2.45) is 0 Å². The highest BCUT2D eigenvalue weighted by Crippen LogP contribution is 2.32. The summed E-state index contributed by atoms with van der Waals surface area (Å²) in [6.07, 6.45) is 6.89. The van der Waals surface area contributed by atoms with Gasteiger partial charge >= 0.3 is 0 Å². The Bertz CT molecular complexity index is 1000. The van der Waals surface area contributed by atoms with Crippen LogP contribution in [0.2, 0.25) is 0 Å². The molecule has 6 nitrogen and oxygen atoms in total. The number of benzene rings is 1. The third kappa shape index (κ3) is 2.65. The van der Waals surface area contributed by atoms with E-state index in [0.717, 1.165) is 50.1 Å². The van der Waals surface area contributed by atoms with Gasteiger partial charge in [-0.1, -0.05) is 12.1 Å². The lowest BCUT2D eigenvalue weighted by atomic mass is 9.96. The molecule has 0 amide bonds. The van der Waals surface area contributed by atoms with Crippen molar-refractivity contribution >= 4 is 10.9 Å². The zero-order valence-corrected chi connectivity index (χ0v) is 14.8. The van der Waals surface area contributed by atoms with E-state index in [4.69, 9.17) is 4.98 Å². The minimum absolute atomic E-state index is 0.0467. The summed E-state index contributed by atoms with van der Waals surface area (Å²) in [5.41, 5.74) is 4.64. The normalized spacial score (nSPS) is 20.5. The lowest BCUT2D eigenvalue weighted by Crippen LogP contribution is -2.27. The van der Waals surface area contributed by atoms with Gasteiger partial charge in [0, 0.05) is 12.2 Å². The van der Waals surface area contributed by atoms with E-state index in [9.17, 15) is 4.79 Å². The zero-order valence-electron chi connectivity index (χ0n) is 14.8. The molecule has 2 aliphatic rings. The first-order chi connectivity index (χ1) is 12.8. The molecule has 0 radical (unpaired) electrons. The number of nitrogens with zero attached hydrogens (tertiary/aromatic N) is 3. The van der Waals surface area contributed by atoms with E-state index in [2.05, 4.69) is 20.1 Å². The van der Waals surface area contributed by atoms with E-state index >= 15 is 0 Å². The van der Waals surface area contributed by atoms with Gasteiger partial charge in [0.05, 0.1) is 22.6 Å². The fraction of sp³-hybridized carbons (Fsp3) is 0.450. The van der Waals surface area contributed by atoms with Crippen molar-refractivity contribution in [3.8, 4) is 0 Å². The van der Waals surface area contributed by atoms with Crippen LogP contribution in [-0.4, -0.2) is 31.6 Å². The molecular weight excluding hydrogens is 326 g/mol. The minimum atomic E-state index is -0.0467. The van der Waals surface area contributed by atoms with Gasteiger partial charge in [0.1, 0.15) is 5.82 Å². The Balaban J connectivity index is 1.46. The summed E-state index contributed by atoms with van der Waals surface area (Å²) in [6, 6.07) is 7.70. The number of hydrogen-bond donors (Lipinski definition) is 2. The van der Waals surface area contributed by atoms with Crippen LogP contribution in [0.1, 0.15) is 54.5 Å². The highest BCUT2D eigenvalue weighted by molar-refractivity contribution is 5.77. The highest BCUT2D eigenvalue weighted by Gasteiger charge is 2.30. The number of fused-ring (bicyclic) bond motifs is 2. The van der Waals surface area contributed by atoms with Gasteiger partial charge in [0.25, 0.3) is 5.56 Å². The minimum Gasteiger partial charge on any atom is -0.309 e. The average Bonchev–Trinajstić information content (AvgIpc) is 3.30. The Kier molecular flexibility index (Phi) is 3.85. The van der Waals surface area contributed by atoms with Crippen molar-refractivity contribution < 1.29 is 0 Å². The molecule has 1 aliphatic carbocycles. The van der Waals surface area contributed by atoms with Crippen molar-refractivity contribution in [1.82, 2.24) is 25.1 Å². The van der Waals surface area contributed by atoms with Gasteiger partial charge in [0.2, 0.25) is 0 Å². The van der Waals surface area contributed by atoms with Crippen LogP contribution in [0, 0.1) is 0 Å². The summed E-state index contributed by atoms with van der Waals surface area (Å²) in [6.45, 7) is 1.84. The van der Waals surface area contributed by atoms with Crippen LogP contribution >= 0.6 is 0 Å². The predicted octanol–water partition coefficient (Wildman–Crippen LogP) is 2.86. The van der Waals surface area contributed by atoms with Gasteiger partial charge in [-0.15, -0.1) is 0 Å². The number of rotatable bonds is 3. The van der Waals surface area contributed by atoms with E-state index in [-0.39, 0.29) is 11.6 Å². The largest absolute Gasteiger partial charge is 0.309 e. The van der Waals surface area contributed by atoms with E-state index in [1.165, 1.54) is 29.8 Å². The topological polar surface area (TPSA) is 77.7 Å². The van der Waals surface area contributed by atoms with Gasteiger partial charge in [-0.2, -0.15) is 5.10 Å². The molecule has 6 heteroatoms. The van der Waals surface area contributed by atoms with Crippen molar-refractivity contribution in [1.29, 1.82) is 0 Å². The van der Waals surface area contributed by atoms with Gasteiger partial charge in [-0.25, -0.2) is 4.98 Å². The molecule has 1 aromatic carbocycles. The molecule has 1 atom stereocenters. The molecule has 0 spiro atoms. The van der Waals surface area contributed by atoms with Gasteiger partial charge in [-0.05, 0) is 62.8 Å².